The van der Waals surface area contributed by atoms with Crippen LogP contribution in [0.3, 0.4) is 0 Å². The van der Waals surface area contributed by atoms with E-state index in [1.807, 2.05) is 6.07 Å². The van der Waals surface area contributed by atoms with Gasteiger partial charge in [0.05, 0.1) is 10.6 Å². The summed E-state index contributed by atoms with van der Waals surface area (Å²) < 4.78 is 33.0. The normalized spacial score (nSPS) is 11.5. The molecule has 0 unspecified atom stereocenters. The summed E-state index contributed by atoms with van der Waals surface area (Å²) in [4.78, 5) is 12.5. The molecule has 2 N–H and O–H groups in total. The van der Waals surface area contributed by atoms with Crippen LogP contribution in [0.5, 0.6) is 5.88 Å². The third kappa shape index (κ3) is 4.31. The van der Waals surface area contributed by atoms with E-state index < -0.39 is 21.5 Å². The fraction of sp³-hybridized carbons (Fsp3) is 0.211. The quantitative estimate of drug-likeness (QED) is 0.553. The molecule has 0 spiro atoms. The van der Waals surface area contributed by atoms with E-state index in [4.69, 9.17) is 4.52 Å². The van der Waals surface area contributed by atoms with Gasteiger partial charge in [-0.3, -0.25) is 14.1 Å². The number of benzene rings is 1. The van der Waals surface area contributed by atoms with Crippen LogP contribution in [0.15, 0.2) is 54.8 Å². The van der Waals surface area contributed by atoms with E-state index in [0.717, 1.165) is 4.57 Å². The Morgan fingerprint density at radius 1 is 1.26 bits per heavy atom. The molecule has 0 aliphatic carbocycles. The number of hydrogen-bond acceptors (Lipinski definition) is 9. The first-order valence-electron chi connectivity index (χ1n) is 9.02. The highest BCUT2D eigenvalue weighted by Crippen LogP contribution is 2.27. The molecule has 3 aromatic rings. The summed E-state index contributed by atoms with van der Waals surface area (Å²) in [7, 11) is -3.88. The standard InChI is InChI=1S/C19H18N6O5S/c1-4-25-18(26)15(10-20)12(3)17(19(25)27)22-21-13-5-7-14(8-6-13)31(28,29)24-16-9-11(2)30-23-16/h5-9,26H,4H2,1-3H3,(H,23,24). The van der Waals surface area contributed by atoms with Crippen LogP contribution in [-0.4, -0.2) is 23.2 Å². The fourth-order valence-corrected chi connectivity index (χ4v) is 3.75. The van der Waals surface area contributed by atoms with E-state index in [9.17, 15) is 23.6 Å². The summed E-state index contributed by atoms with van der Waals surface area (Å²) in [6.45, 7) is 4.91. The predicted molar refractivity (Wildman–Crippen MR) is 110 cm³/mol. The molecular formula is C19H18N6O5S. The molecule has 2 aromatic heterocycles. The topological polar surface area (TPSA) is 163 Å². The lowest BCUT2D eigenvalue weighted by atomic mass is 10.1. The first-order valence-corrected chi connectivity index (χ1v) is 10.5. The van der Waals surface area contributed by atoms with E-state index >= 15 is 0 Å². The zero-order valence-corrected chi connectivity index (χ0v) is 17.6. The Kier molecular flexibility index (Phi) is 5.89. The van der Waals surface area contributed by atoms with Crippen molar-refractivity contribution >= 4 is 27.2 Å². The van der Waals surface area contributed by atoms with E-state index in [1.54, 1.807) is 13.8 Å². The van der Waals surface area contributed by atoms with E-state index in [2.05, 4.69) is 20.1 Å². The van der Waals surface area contributed by atoms with Gasteiger partial charge in [-0.05, 0) is 45.0 Å². The molecule has 0 aliphatic heterocycles. The minimum atomic E-state index is -3.88. The van der Waals surface area contributed by atoms with Gasteiger partial charge in [0, 0.05) is 18.2 Å². The maximum absolute atomic E-state index is 12.5. The van der Waals surface area contributed by atoms with Crippen molar-refractivity contribution in [1.82, 2.24) is 9.72 Å². The lowest BCUT2D eigenvalue weighted by molar-refractivity contribution is 0.400. The molecule has 2 heterocycles. The van der Waals surface area contributed by atoms with Gasteiger partial charge in [0.25, 0.3) is 15.6 Å². The number of aryl methyl sites for hydroxylation is 1. The number of nitrogens with zero attached hydrogens (tertiary/aromatic N) is 5. The van der Waals surface area contributed by atoms with Gasteiger partial charge in [-0.1, -0.05) is 5.16 Å². The Morgan fingerprint density at radius 3 is 2.48 bits per heavy atom. The van der Waals surface area contributed by atoms with Gasteiger partial charge < -0.3 is 9.63 Å². The zero-order chi connectivity index (χ0) is 22.8. The number of rotatable bonds is 6. The van der Waals surface area contributed by atoms with Crippen molar-refractivity contribution < 1.29 is 18.0 Å². The van der Waals surface area contributed by atoms with E-state index in [1.165, 1.54) is 37.3 Å². The van der Waals surface area contributed by atoms with Gasteiger partial charge in [0.2, 0.25) is 5.88 Å². The summed E-state index contributed by atoms with van der Waals surface area (Å²) in [6, 6.07) is 8.75. The zero-order valence-electron chi connectivity index (χ0n) is 16.8. The lowest BCUT2D eigenvalue weighted by Gasteiger charge is -2.10. The summed E-state index contributed by atoms with van der Waals surface area (Å²) in [5.74, 6) is 0.0973. The largest absolute Gasteiger partial charge is 0.493 e. The van der Waals surface area contributed by atoms with Gasteiger partial charge in [-0.25, -0.2) is 8.42 Å². The molecule has 0 aliphatic rings. The van der Waals surface area contributed by atoms with E-state index in [0.29, 0.717) is 5.76 Å². The van der Waals surface area contributed by atoms with Crippen molar-refractivity contribution in [3.05, 3.63) is 57.6 Å². The van der Waals surface area contributed by atoms with Gasteiger partial charge in [-0.15, -0.1) is 5.11 Å². The van der Waals surface area contributed by atoms with Crippen molar-refractivity contribution in [2.75, 3.05) is 4.72 Å². The van der Waals surface area contributed by atoms with Crippen molar-refractivity contribution in [1.29, 1.82) is 5.26 Å². The summed E-state index contributed by atoms with van der Waals surface area (Å²) in [5, 5.41) is 30.8. The lowest BCUT2D eigenvalue weighted by Crippen LogP contribution is -2.20. The number of nitrogens with one attached hydrogen (secondary N) is 1. The average molecular weight is 442 g/mol. The van der Waals surface area contributed by atoms with Crippen LogP contribution in [0, 0.1) is 25.2 Å². The van der Waals surface area contributed by atoms with Crippen LogP contribution in [0.1, 0.15) is 23.8 Å². The molecule has 0 saturated carbocycles. The van der Waals surface area contributed by atoms with Gasteiger partial charge >= 0.3 is 0 Å². The monoisotopic (exact) mass is 442 g/mol. The van der Waals surface area contributed by atoms with Gasteiger partial charge in [0.1, 0.15) is 17.4 Å². The number of azo groups is 1. The van der Waals surface area contributed by atoms with Gasteiger partial charge in [0.15, 0.2) is 11.5 Å². The second kappa shape index (κ2) is 8.41. The average Bonchev–Trinajstić information content (AvgIpc) is 3.12. The number of anilines is 1. The van der Waals surface area contributed by atoms with Crippen molar-refractivity contribution in [3.8, 4) is 11.9 Å². The Labute approximate surface area is 177 Å². The molecule has 0 bridgehead atoms. The Balaban J connectivity index is 1.90. The number of aromatic nitrogens is 2. The highest BCUT2D eigenvalue weighted by molar-refractivity contribution is 7.92. The van der Waals surface area contributed by atoms with Gasteiger partial charge in [-0.2, -0.15) is 10.4 Å². The van der Waals surface area contributed by atoms with Crippen molar-refractivity contribution in [2.24, 2.45) is 10.2 Å². The molecule has 0 radical (unpaired) electrons. The summed E-state index contributed by atoms with van der Waals surface area (Å²) >= 11 is 0. The smallest absolute Gasteiger partial charge is 0.281 e. The van der Waals surface area contributed by atoms with Crippen LogP contribution in [-0.2, 0) is 16.6 Å². The number of pyridine rings is 1. The molecule has 11 nitrogen and oxygen atoms in total. The third-order valence-corrected chi connectivity index (χ3v) is 5.74. The molecular weight excluding hydrogens is 424 g/mol. The Hall–Kier alpha value is -3.98. The molecule has 0 amide bonds. The van der Waals surface area contributed by atoms with Crippen LogP contribution >= 0.6 is 0 Å². The maximum Gasteiger partial charge on any atom is 0.281 e. The van der Waals surface area contributed by atoms with E-state index in [-0.39, 0.29) is 39.8 Å². The Morgan fingerprint density at radius 2 is 1.94 bits per heavy atom. The number of nitriles is 1. The number of sulfonamides is 1. The molecule has 3 rings (SSSR count). The SMILES string of the molecule is CCn1c(O)c(C#N)c(C)c(N=Nc2ccc(S(=O)(=O)Nc3cc(C)on3)cc2)c1=O. The van der Waals surface area contributed by atoms with Crippen molar-refractivity contribution in [3.63, 3.8) is 0 Å². The minimum Gasteiger partial charge on any atom is -0.493 e. The number of hydrogen-bond donors (Lipinski definition) is 2. The molecule has 12 heteroatoms. The minimum absolute atomic E-state index is 0.0342. The second-order valence-electron chi connectivity index (χ2n) is 6.46. The van der Waals surface area contributed by atoms with Crippen LogP contribution in [0.25, 0.3) is 0 Å². The molecule has 0 fully saturated rings. The molecule has 160 valence electrons. The van der Waals surface area contributed by atoms with Crippen LogP contribution in [0.2, 0.25) is 0 Å². The molecule has 0 atom stereocenters. The molecule has 0 saturated heterocycles. The van der Waals surface area contributed by atoms with Crippen LogP contribution < -0.4 is 10.3 Å². The highest BCUT2D eigenvalue weighted by Gasteiger charge is 2.19. The maximum atomic E-state index is 12.5. The molecule has 1 aromatic carbocycles. The highest BCUT2D eigenvalue weighted by atomic mass is 32.2. The number of aromatic hydroxyl groups is 1. The summed E-state index contributed by atoms with van der Waals surface area (Å²) in [6.07, 6.45) is 0. The third-order valence-electron chi connectivity index (χ3n) is 4.36. The van der Waals surface area contributed by atoms with Crippen molar-refractivity contribution in [2.45, 2.75) is 32.2 Å². The Bertz CT molecular complexity index is 1360. The second-order valence-corrected chi connectivity index (χ2v) is 8.14. The first kappa shape index (κ1) is 21.7. The predicted octanol–water partition coefficient (Wildman–Crippen LogP) is 3.27. The fourth-order valence-electron chi connectivity index (χ4n) is 2.76. The van der Waals surface area contributed by atoms with Crippen LogP contribution in [0.4, 0.5) is 17.2 Å². The first-order chi connectivity index (χ1) is 14.7. The molecule has 31 heavy (non-hydrogen) atoms. The summed E-state index contributed by atoms with van der Waals surface area (Å²) in [5.41, 5.74) is -0.261.